The van der Waals surface area contributed by atoms with Crippen molar-refractivity contribution in [3.8, 4) is 5.75 Å². The summed E-state index contributed by atoms with van der Waals surface area (Å²) < 4.78 is 0. The molecule has 0 radical (unpaired) electrons. The number of hydrogen-bond donors (Lipinski definition) is 3. The number of benzene rings is 1. The Kier molecular flexibility index (Phi) is 3.91. The fraction of sp³-hybridized carbons (Fsp3) is 0.417. The zero-order valence-electron chi connectivity index (χ0n) is 9.69. The number of nitrogens with one attached hydrogen (secondary N) is 2. The Labute approximate surface area is 105 Å². The maximum atomic E-state index is 11.9. The van der Waals surface area contributed by atoms with E-state index in [1.165, 1.54) is 0 Å². The number of carbonyl (C=O) groups is 1. The molecule has 17 heavy (non-hydrogen) atoms. The van der Waals surface area contributed by atoms with E-state index < -0.39 is 0 Å². The van der Waals surface area contributed by atoms with Crippen molar-refractivity contribution < 1.29 is 9.90 Å². The van der Waals surface area contributed by atoms with Gasteiger partial charge in [0, 0.05) is 18.1 Å². The molecular weight excluding hydrogens is 236 g/mol. The second kappa shape index (κ2) is 5.42. The smallest absolute Gasteiger partial charge is 0.242 e. The Bertz CT molecular complexity index is 417. The van der Waals surface area contributed by atoms with Crippen molar-refractivity contribution in [2.24, 2.45) is 0 Å². The maximum absolute atomic E-state index is 11.9. The number of hydrogen-bond acceptors (Lipinski definition) is 4. The summed E-state index contributed by atoms with van der Waals surface area (Å²) in [5.41, 5.74) is 1.48. The van der Waals surface area contributed by atoms with Gasteiger partial charge in [0.2, 0.25) is 5.91 Å². The number of aryl methyl sites for hydroxylation is 1. The van der Waals surface area contributed by atoms with Crippen molar-refractivity contribution in [1.29, 1.82) is 0 Å². The lowest BCUT2D eigenvalue weighted by Crippen LogP contribution is -2.46. The van der Waals surface area contributed by atoms with Crippen LogP contribution in [0.5, 0.6) is 5.75 Å². The highest BCUT2D eigenvalue weighted by Gasteiger charge is 2.21. The van der Waals surface area contributed by atoms with Gasteiger partial charge in [0.1, 0.15) is 5.75 Å². The fourth-order valence-electron chi connectivity index (χ4n) is 1.70. The molecule has 1 aliphatic heterocycles. The molecule has 0 aromatic heterocycles. The molecule has 1 aromatic carbocycles. The molecule has 2 rings (SSSR count). The third-order valence-corrected chi connectivity index (χ3v) is 3.71. The van der Waals surface area contributed by atoms with Gasteiger partial charge in [-0.2, -0.15) is 11.8 Å². The van der Waals surface area contributed by atoms with Gasteiger partial charge in [-0.05, 0) is 24.6 Å². The fourth-order valence-corrected chi connectivity index (χ4v) is 2.64. The third-order valence-electron chi connectivity index (χ3n) is 2.65. The molecule has 1 aliphatic rings. The van der Waals surface area contributed by atoms with Crippen molar-refractivity contribution in [3.63, 3.8) is 0 Å². The summed E-state index contributed by atoms with van der Waals surface area (Å²) in [7, 11) is 0. The molecule has 1 heterocycles. The van der Waals surface area contributed by atoms with E-state index in [2.05, 4.69) is 10.6 Å². The van der Waals surface area contributed by atoms with Crippen LogP contribution < -0.4 is 10.6 Å². The average molecular weight is 252 g/mol. The molecule has 0 spiro atoms. The van der Waals surface area contributed by atoms with Crippen LogP contribution in [0.2, 0.25) is 0 Å². The summed E-state index contributed by atoms with van der Waals surface area (Å²) in [4.78, 5) is 11.9. The zero-order chi connectivity index (χ0) is 12.3. The van der Waals surface area contributed by atoms with Crippen LogP contribution in [0.15, 0.2) is 18.2 Å². The van der Waals surface area contributed by atoms with Crippen molar-refractivity contribution in [2.45, 2.75) is 13.0 Å². The average Bonchev–Trinajstić information content (AvgIpc) is 2.35. The first-order valence-electron chi connectivity index (χ1n) is 5.58. The summed E-state index contributed by atoms with van der Waals surface area (Å²) >= 11 is 1.76. The van der Waals surface area contributed by atoms with E-state index in [0.29, 0.717) is 5.69 Å². The minimum absolute atomic E-state index is 0.0851. The minimum Gasteiger partial charge on any atom is -0.506 e. The molecule has 5 heteroatoms. The van der Waals surface area contributed by atoms with Gasteiger partial charge in [-0.25, -0.2) is 0 Å². The van der Waals surface area contributed by atoms with Crippen LogP contribution in [0.25, 0.3) is 0 Å². The number of aromatic hydroxyl groups is 1. The molecule has 0 bridgehead atoms. The summed E-state index contributed by atoms with van der Waals surface area (Å²) in [6.07, 6.45) is 0. The van der Waals surface area contributed by atoms with Crippen LogP contribution in [0.4, 0.5) is 5.69 Å². The third kappa shape index (κ3) is 3.14. The maximum Gasteiger partial charge on any atom is 0.242 e. The van der Waals surface area contributed by atoms with Gasteiger partial charge in [-0.3, -0.25) is 4.79 Å². The Hall–Kier alpha value is -1.20. The Morgan fingerprint density at radius 3 is 3.12 bits per heavy atom. The van der Waals surface area contributed by atoms with Crippen LogP contribution >= 0.6 is 11.8 Å². The van der Waals surface area contributed by atoms with Crippen molar-refractivity contribution in [2.75, 3.05) is 23.4 Å². The number of rotatable bonds is 2. The topological polar surface area (TPSA) is 61.4 Å². The Balaban J connectivity index is 2.04. The SMILES string of the molecule is Cc1ccc(O)c(NC(=O)C2CSCCN2)c1. The van der Waals surface area contributed by atoms with E-state index in [4.69, 9.17) is 0 Å². The molecular formula is C12H16N2O2S. The largest absolute Gasteiger partial charge is 0.506 e. The van der Waals surface area contributed by atoms with Gasteiger partial charge in [0.15, 0.2) is 0 Å². The molecule has 4 nitrogen and oxygen atoms in total. The van der Waals surface area contributed by atoms with E-state index in [-0.39, 0.29) is 17.7 Å². The van der Waals surface area contributed by atoms with E-state index in [1.807, 2.05) is 6.92 Å². The van der Waals surface area contributed by atoms with Gasteiger partial charge < -0.3 is 15.7 Å². The number of phenolic OH excluding ortho intramolecular Hbond substituents is 1. The lowest BCUT2D eigenvalue weighted by atomic mass is 10.2. The molecule has 92 valence electrons. The highest BCUT2D eigenvalue weighted by Crippen LogP contribution is 2.24. The van der Waals surface area contributed by atoms with Gasteiger partial charge in [0.25, 0.3) is 0 Å². The van der Waals surface area contributed by atoms with Crippen LogP contribution in [0.3, 0.4) is 0 Å². The first kappa shape index (κ1) is 12.3. The molecule has 1 atom stereocenters. The summed E-state index contributed by atoms with van der Waals surface area (Å²) in [5, 5.41) is 15.6. The quantitative estimate of drug-likeness (QED) is 0.695. The number of thioether (sulfide) groups is 1. The number of anilines is 1. The lowest BCUT2D eigenvalue weighted by Gasteiger charge is -2.22. The van der Waals surface area contributed by atoms with Crippen LogP contribution in [0, 0.1) is 6.92 Å². The van der Waals surface area contributed by atoms with Gasteiger partial charge in [-0.15, -0.1) is 0 Å². The molecule has 0 aliphatic carbocycles. The van der Waals surface area contributed by atoms with E-state index >= 15 is 0 Å². The number of carbonyl (C=O) groups excluding carboxylic acids is 1. The first-order chi connectivity index (χ1) is 8.16. The second-order valence-corrected chi connectivity index (χ2v) is 5.24. The zero-order valence-corrected chi connectivity index (χ0v) is 10.5. The lowest BCUT2D eigenvalue weighted by molar-refractivity contribution is -0.117. The van der Waals surface area contributed by atoms with Crippen LogP contribution in [-0.4, -0.2) is 35.1 Å². The van der Waals surface area contributed by atoms with Gasteiger partial charge >= 0.3 is 0 Å². The van der Waals surface area contributed by atoms with Crippen molar-refractivity contribution in [1.82, 2.24) is 5.32 Å². The van der Waals surface area contributed by atoms with E-state index in [9.17, 15) is 9.90 Å². The second-order valence-electron chi connectivity index (χ2n) is 4.09. The molecule has 0 saturated carbocycles. The van der Waals surface area contributed by atoms with E-state index in [1.54, 1.807) is 30.0 Å². The van der Waals surface area contributed by atoms with E-state index in [0.717, 1.165) is 23.6 Å². The molecule has 1 aromatic rings. The predicted molar refractivity (Wildman–Crippen MR) is 70.6 cm³/mol. The normalized spacial score (nSPS) is 19.9. The molecule has 1 unspecified atom stereocenters. The number of amides is 1. The van der Waals surface area contributed by atoms with Crippen LogP contribution in [-0.2, 0) is 4.79 Å². The van der Waals surface area contributed by atoms with Gasteiger partial charge in [-0.1, -0.05) is 6.07 Å². The highest BCUT2D eigenvalue weighted by molar-refractivity contribution is 7.99. The summed E-state index contributed by atoms with van der Waals surface area (Å²) in [5.74, 6) is 1.84. The first-order valence-corrected chi connectivity index (χ1v) is 6.74. The number of phenols is 1. The summed E-state index contributed by atoms with van der Waals surface area (Å²) in [6.45, 7) is 2.77. The van der Waals surface area contributed by atoms with Crippen LogP contribution in [0.1, 0.15) is 5.56 Å². The Morgan fingerprint density at radius 1 is 1.59 bits per heavy atom. The molecule has 1 saturated heterocycles. The molecule has 3 N–H and O–H groups in total. The Morgan fingerprint density at radius 2 is 2.41 bits per heavy atom. The van der Waals surface area contributed by atoms with Gasteiger partial charge in [0.05, 0.1) is 11.7 Å². The monoisotopic (exact) mass is 252 g/mol. The molecule has 1 fully saturated rings. The van der Waals surface area contributed by atoms with Crippen molar-refractivity contribution >= 4 is 23.4 Å². The highest BCUT2D eigenvalue weighted by atomic mass is 32.2. The van der Waals surface area contributed by atoms with Crippen molar-refractivity contribution in [3.05, 3.63) is 23.8 Å². The molecule has 1 amide bonds. The predicted octanol–water partition coefficient (Wildman–Crippen LogP) is 1.34. The summed E-state index contributed by atoms with van der Waals surface area (Å²) in [6, 6.07) is 4.99. The minimum atomic E-state index is -0.173. The standard InChI is InChI=1S/C12H16N2O2S/c1-8-2-3-11(15)9(6-8)14-12(16)10-7-17-5-4-13-10/h2-3,6,10,13,15H,4-5,7H2,1H3,(H,14,16).